The van der Waals surface area contributed by atoms with Crippen molar-refractivity contribution in [1.29, 1.82) is 0 Å². The van der Waals surface area contributed by atoms with Gasteiger partial charge >= 0.3 is 0 Å². The van der Waals surface area contributed by atoms with Gasteiger partial charge in [0, 0.05) is 31.0 Å². The minimum atomic E-state index is -0.251. The summed E-state index contributed by atoms with van der Waals surface area (Å²) in [6, 6.07) is 12.5. The summed E-state index contributed by atoms with van der Waals surface area (Å²) in [4.78, 5) is 12.2. The Morgan fingerprint density at radius 1 is 1.18 bits per heavy atom. The molecular weight excluding hydrogens is 453 g/mol. The Bertz CT molecular complexity index is 1220. The molecule has 3 aromatic heterocycles. The first-order valence-corrected chi connectivity index (χ1v) is 12.5. The Labute approximate surface area is 201 Å². The molecule has 4 aromatic rings. The normalized spacial score (nSPS) is 15.6. The third-order valence-corrected chi connectivity index (χ3v) is 7.11. The van der Waals surface area contributed by atoms with Gasteiger partial charge in [-0.3, -0.25) is 14.4 Å². The van der Waals surface area contributed by atoms with E-state index < -0.39 is 0 Å². The van der Waals surface area contributed by atoms with E-state index >= 15 is 0 Å². The number of benzene rings is 1. The van der Waals surface area contributed by atoms with Crippen LogP contribution in [-0.2, 0) is 4.74 Å². The largest absolute Gasteiger partial charge is 0.379 e. The molecule has 0 bridgehead atoms. The zero-order valence-corrected chi connectivity index (χ0v) is 19.9. The van der Waals surface area contributed by atoms with E-state index in [1.807, 2.05) is 47.9 Å². The fourth-order valence-electron chi connectivity index (χ4n) is 4.02. The third-order valence-electron chi connectivity index (χ3n) is 5.76. The van der Waals surface area contributed by atoms with Crippen LogP contribution in [0.3, 0.4) is 0 Å². The van der Waals surface area contributed by atoms with Gasteiger partial charge in [-0.15, -0.1) is 11.8 Å². The molecule has 1 aromatic carbocycles. The monoisotopic (exact) mass is 481 g/mol. The number of nitrogens with one attached hydrogen (secondary N) is 2. The van der Waals surface area contributed by atoms with Crippen LogP contribution < -0.4 is 5.32 Å². The Balaban J connectivity index is 1.40. The molecule has 1 unspecified atom stereocenters. The van der Waals surface area contributed by atoms with Gasteiger partial charge < -0.3 is 10.1 Å². The number of anilines is 2. The maximum Gasteiger partial charge on any atom is 0.216 e. The van der Waals surface area contributed by atoms with Crippen molar-refractivity contribution in [2.75, 3.05) is 43.9 Å². The average molecular weight is 482 g/mol. The lowest BCUT2D eigenvalue weighted by molar-refractivity contribution is 0.0381. The number of aromatic amines is 1. The molecule has 0 amide bonds. The topological polar surface area (TPSA) is 83.4 Å². The average Bonchev–Trinajstić information content (AvgIpc) is 3.49. The van der Waals surface area contributed by atoms with Crippen LogP contribution in [0.15, 0.2) is 48.7 Å². The molecule has 1 atom stereocenters. The Kier molecular flexibility index (Phi) is 7.08. The third kappa shape index (κ3) is 5.40. The molecule has 10 heteroatoms. The number of hydrogen-bond acceptors (Lipinski definition) is 7. The summed E-state index contributed by atoms with van der Waals surface area (Å²) in [5, 5.41) is 10.4. The van der Waals surface area contributed by atoms with Crippen LogP contribution in [0.2, 0.25) is 0 Å². The first kappa shape index (κ1) is 22.8. The second-order valence-corrected chi connectivity index (χ2v) is 9.53. The minimum absolute atomic E-state index is 0.119. The van der Waals surface area contributed by atoms with Crippen molar-refractivity contribution in [3.05, 3.63) is 71.6 Å². The Hall–Kier alpha value is -2.95. The second kappa shape index (κ2) is 10.5. The molecule has 0 aliphatic carbocycles. The predicted octanol–water partition coefficient (Wildman–Crippen LogP) is 4.19. The molecule has 178 valence electrons. The summed E-state index contributed by atoms with van der Waals surface area (Å²) in [5.74, 6) is 2.70. The molecule has 0 saturated carbocycles. The van der Waals surface area contributed by atoms with Gasteiger partial charge in [0.15, 0.2) is 11.6 Å². The summed E-state index contributed by atoms with van der Waals surface area (Å²) in [6.45, 7) is 6.58. The number of H-pyrrole nitrogens is 1. The van der Waals surface area contributed by atoms with Gasteiger partial charge in [0.2, 0.25) is 5.95 Å². The van der Waals surface area contributed by atoms with E-state index in [1.54, 1.807) is 11.8 Å². The number of fused-ring (bicyclic) bond motifs is 1. The summed E-state index contributed by atoms with van der Waals surface area (Å²) in [5.41, 5.74) is 2.73. The van der Waals surface area contributed by atoms with Crippen molar-refractivity contribution in [2.45, 2.75) is 18.6 Å². The van der Waals surface area contributed by atoms with Crippen LogP contribution in [-0.4, -0.2) is 68.1 Å². The van der Waals surface area contributed by atoms with E-state index in [0.29, 0.717) is 17.6 Å². The number of rotatable bonds is 9. The van der Waals surface area contributed by atoms with Gasteiger partial charge in [-0.2, -0.15) is 10.1 Å². The lowest BCUT2D eigenvalue weighted by Gasteiger charge is -2.26. The van der Waals surface area contributed by atoms with Crippen molar-refractivity contribution in [3.8, 4) is 0 Å². The zero-order valence-electron chi connectivity index (χ0n) is 19.1. The van der Waals surface area contributed by atoms with Gasteiger partial charge in [0.1, 0.15) is 11.5 Å². The van der Waals surface area contributed by atoms with E-state index in [4.69, 9.17) is 14.7 Å². The van der Waals surface area contributed by atoms with Gasteiger partial charge in [-0.05, 0) is 55.5 Å². The zero-order chi connectivity index (χ0) is 23.3. The van der Waals surface area contributed by atoms with Crippen LogP contribution in [0.5, 0.6) is 0 Å². The van der Waals surface area contributed by atoms with E-state index in [9.17, 15) is 4.39 Å². The molecule has 0 spiro atoms. The number of aryl methyl sites for hydroxylation is 1. The summed E-state index contributed by atoms with van der Waals surface area (Å²) in [7, 11) is 0. The number of ether oxygens (including phenoxy) is 1. The SMILES string of the molecule is Cc1cc(Nc2nc(C(SCCCN3CCOCC3)c3ccc(F)cc3)nc3cccn23)n[nH]1. The van der Waals surface area contributed by atoms with Crippen molar-refractivity contribution in [2.24, 2.45) is 0 Å². The first-order valence-electron chi connectivity index (χ1n) is 11.5. The van der Waals surface area contributed by atoms with Crippen LogP contribution >= 0.6 is 11.8 Å². The molecule has 34 heavy (non-hydrogen) atoms. The fraction of sp³-hybridized carbons (Fsp3) is 0.375. The number of hydrogen-bond donors (Lipinski definition) is 2. The molecule has 5 rings (SSSR count). The number of aromatic nitrogens is 5. The predicted molar refractivity (Wildman–Crippen MR) is 132 cm³/mol. The van der Waals surface area contributed by atoms with E-state index in [-0.39, 0.29) is 11.1 Å². The van der Waals surface area contributed by atoms with Crippen molar-refractivity contribution in [3.63, 3.8) is 0 Å². The quantitative estimate of drug-likeness (QED) is 0.347. The molecular formula is C24H28FN7OS. The highest BCUT2D eigenvalue weighted by Crippen LogP contribution is 2.35. The number of thioether (sulfide) groups is 1. The highest BCUT2D eigenvalue weighted by Gasteiger charge is 2.21. The highest BCUT2D eigenvalue weighted by molar-refractivity contribution is 7.99. The number of morpholine rings is 1. The second-order valence-electron chi connectivity index (χ2n) is 8.31. The Morgan fingerprint density at radius 3 is 2.76 bits per heavy atom. The van der Waals surface area contributed by atoms with Gasteiger partial charge in [-0.25, -0.2) is 9.37 Å². The lowest BCUT2D eigenvalue weighted by Crippen LogP contribution is -2.37. The Morgan fingerprint density at radius 2 is 2.00 bits per heavy atom. The maximum atomic E-state index is 13.7. The van der Waals surface area contributed by atoms with Gasteiger partial charge in [0.05, 0.1) is 18.5 Å². The van der Waals surface area contributed by atoms with E-state index in [2.05, 4.69) is 20.4 Å². The molecule has 0 radical (unpaired) electrons. The van der Waals surface area contributed by atoms with Crippen LogP contribution in [0, 0.1) is 12.7 Å². The van der Waals surface area contributed by atoms with E-state index in [0.717, 1.165) is 61.9 Å². The fourth-order valence-corrected chi connectivity index (χ4v) is 5.16. The molecule has 1 aliphatic rings. The smallest absolute Gasteiger partial charge is 0.216 e. The summed E-state index contributed by atoms with van der Waals surface area (Å²) >= 11 is 1.79. The summed E-state index contributed by atoms with van der Waals surface area (Å²) in [6.07, 6.45) is 2.97. The number of halogens is 1. The molecule has 4 heterocycles. The summed E-state index contributed by atoms with van der Waals surface area (Å²) < 4.78 is 21.0. The van der Waals surface area contributed by atoms with Crippen LogP contribution in [0.4, 0.5) is 16.2 Å². The highest BCUT2D eigenvalue weighted by atomic mass is 32.2. The number of nitrogens with zero attached hydrogens (tertiary/aromatic N) is 5. The first-order chi connectivity index (χ1) is 16.7. The standard InChI is InChI=1S/C24H28FN7OS/c1-17-16-20(30-29-17)26-24-28-23(27-21-4-2-10-32(21)24)22(18-5-7-19(25)8-6-18)34-15-3-9-31-11-13-33-14-12-31/h2,4-8,10,16,22H,3,9,11-15H2,1H3,(H2,26,27,28,29,30). The van der Waals surface area contributed by atoms with Crippen LogP contribution in [0.1, 0.15) is 28.8 Å². The van der Waals surface area contributed by atoms with Gasteiger partial charge in [-0.1, -0.05) is 12.1 Å². The molecule has 1 fully saturated rings. The van der Waals surface area contributed by atoms with E-state index in [1.165, 1.54) is 12.1 Å². The van der Waals surface area contributed by atoms with Crippen LogP contribution in [0.25, 0.3) is 5.65 Å². The van der Waals surface area contributed by atoms with Crippen molar-refractivity contribution < 1.29 is 9.13 Å². The molecule has 1 aliphatic heterocycles. The molecule has 2 N–H and O–H groups in total. The molecule has 1 saturated heterocycles. The molecule has 8 nitrogen and oxygen atoms in total. The maximum absolute atomic E-state index is 13.7. The van der Waals surface area contributed by atoms with Crippen molar-refractivity contribution in [1.82, 2.24) is 29.5 Å². The minimum Gasteiger partial charge on any atom is -0.379 e. The lowest BCUT2D eigenvalue weighted by atomic mass is 10.1. The van der Waals surface area contributed by atoms with Crippen molar-refractivity contribution >= 4 is 29.2 Å². The van der Waals surface area contributed by atoms with Gasteiger partial charge in [0.25, 0.3) is 0 Å².